The third kappa shape index (κ3) is 4.18. The number of hydrogen-bond acceptors (Lipinski definition) is 3. The molecule has 0 fully saturated rings. The van der Waals surface area contributed by atoms with E-state index in [2.05, 4.69) is 15.6 Å². The molecule has 0 aliphatic carbocycles. The van der Waals surface area contributed by atoms with Gasteiger partial charge in [0.15, 0.2) is 0 Å². The second kappa shape index (κ2) is 7.26. The van der Waals surface area contributed by atoms with Gasteiger partial charge in [-0.15, -0.1) is 0 Å². The Bertz CT molecular complexity index is 911. The van der Waals surface area contributed by atoms with Crippen LogP contribution in [0.4, 0.5) is 30.4 Å². The molecular formula is C19H14F3N3O. The highest BCUT2D eigenvalue weighted by Crippen LogP contribution is 2.31. The average molecular weight is 357 g/mol. The number of rotatable bonds is 4. The van der Waals surface area contributed by atoms with Crippen LogP contribution in [-0.2, 0) is 6.18 Å². The molecule has 0 radical (unpaired) electrons. The van der Waals surface area contributed by atoms with E-state index in [1.807, 2.05) is 6.07 Å². The van der Waals surface area contributed by atoms with Crippen LogP contribution in [0.3, 0.4) is 0 Å². The molecule has 7 heteroatoms. The second-order valence-electron chi connectivity index (χ2n) is 5.42. The summed E-state index contributed by atoms with van der Waals surface area (Å²) in [6.45, 7) is 0. The predicted molar refractivity (Wildman–Crippen MR) is 93.4 cm³/mol. The number of nitrogens with one attached hydrogen (secondary N) is 2. The quantitative estimate of drug-likeness (QED) is 0.683. The molecule has 132 valence electrons. The normalized spacial score (nSPS) is 11.0. The van der Waals surface area contributed by atoms with E-state index >= 15 is 0 Å². The number of halogens is 3. The van der Waals surface area contributed by atoms with Crippen LogP contribution < -0.4 is 10.6 Å². The van der Waals surface area contributed by atoms with Gasteiger partial charge >= 0.3 is 6.18 Å². The molecule has 26 heavy (non-hydrogen) atoms. The molecule has 1 amide bonds. The monoisotopic (exact) mass is 357 g/mol. The maximum atomic E-state index is 12.8. The lowest BCUT2D eigenvalue weighted by atomic mass is 10.1. The van der Waals surface area contributed by atoms with Gasteiger partial charge in [-0.2, -0.15) is 13.2 Å². The zero-order valence-corrected chi connectivity index (χ0v) is 13.4. The maximum Gasteiger partial charge on any atom is 0.416 e. The summed E-state index contributed by atoms with van der Waals surface area (Å²) in [6.07, 6.45) is -3.00. The fourth-order valence-electron chi connectivity index (χ4n) is 2.32. The van der Waals surface area contributed by atoms with Gasteiger partial charge in [-0.1, -0.05) is 24.3 Å². The minimum Gasteiger partial charge on any atom is -0.340 e. The molecule has 1 aromatic heterocycles. The number of amides is 1. The maximum absolute atomic E-state index is 12.8. The number of aromatic nitrogens is 1. The number of benzene rings is 2. The Kier molecular flexibility index (Phi) is 4.88. The van der Waals surface area contributed by atoms with Crippen LogP contribution in [0.25, 0.3) is 0 Å². The number of carbonyl (C=O) groups is 1. The molecule has 0 aliphatic rings. The van der Waals surface area contributed by atoms with Crippen molar-refractivity contribution >= 4 is 23.1 Å². The lowest BCUT2D eigenvalue weighted by molar-refractivity contribution is -0.137. The van der Waals surface area contributed by atoms with Crippen molar-refractivity contribution in [2.24, 2.45) is 0 Å². The summed E-state index contributed by atoms with van der Waals surface area (Å²) in [5.41, 5.74) is 0.223. The predicted octanol–water partition coefficient (Wildman–Crippen LogP) is 5.10. The van der Waals surface area contributed by atoms with Crippen molar-refractivity contribution in [2.45, 2.75) is 6.18 Å². The number of carbonyl (C=O) groups excluding carboxylic acids is 1. The summed E-state index contributed by atoms with van der Waals surface area (Å²) in [7, 11) is 0. The van der Waals surface area contributed by atoms with Crippen molar-refractivity contribution in [1.82, 2.24) is 4.98 Å². The van der Waals surface area contributed by atoms with E-state index < -0.39 is 17.6 Å². The Morgan fingerprint density at radius 2 is 1.62 bits per heavy atom. The highest BCUT2D eigenvalue weighted by Gasteiger charge is 2.30. The van der Waals surface area contributed by atoms with Gasteiger partial charge in [0.05, 0.1) is 11.1 Å². The molecule has 3 aromatic rings. The fraction of sp³-hybridized carbons (Fsp3) is 0.0526. The number of anilines is 3. The third-order valence-electron chi connectivity index (χ3n) is 3.54. The molecule has 2 N–H and O–H groups in total. The van der Waals surface area contributed by atoms with Gasteiger partial charge in [-0.3, -0.25) is 4.79 Å². The highest BCUT2D eigenvalue weighted by molar-refractivity contribution is 6.07. The van der Waals surface area contributed by atoms with E-state index in [9.17, 15) is 18.0 Å². The van der Waals surface area contributed by atoms with Gasteiger partial charge in [0.1, 0.15) is 5.82 Å². The van der Waals surface area contributed by atoms with E-state index in [1.54, 1.807) is 36.4 Å². The first-order valence-corrected chi connectivity index (χ1v) is 7.69. The molecule has 4 nitrogen and oxygen atoms in total. The Morgan fingerprint density at radius 1 is 0.885 bits per heavy atom. The standard InChI is InChI=1S/C19H14F3N3O/c20-19(21,22)13-6-4-9-15(12-13)24-17-16(10-5-11-23-17)18(26)25-14-7-2-1-3-8-14/h1-12H,(H,23,24)(H,25,26). The molecule has 0 bridgehead atoms. The molecule has 1 heterocycles. The minimum absolute atomic E-state index is 0.167. The topological polar surface area (TPSA) is 54.0 Å². The van der Waals surface area contributed by atoms with E-state index in [0.717, 1.165) is 12.1 Å². The first-order chi connectivity index (χ1) is 12.4. The van der Waals surface area contributed by atoms with Gasteiger partial charge in [0.2, 0.25) is 0 Å². The summed E-state index contributed by atoms with van der Waals surface area (Å²) in [6, 6.07) is 16.7. The van der Waals surface area contributed by atoms with Gasteiger partial charge in [0, 0.05) is 17.6 Å². The molecule has 0 aliphatic heterocycles. The van der Waals surface area contributed by atoms with Crippen molar-refractivity contribution in [2.75, 3.05) is 10.6 Å². The summed E-state index contributed by atoms with van der Waals surface area (Å²) in [5.74, 6) is -0.251. The number of pyridine rings is 1. The van der Waals surface area contributed by atoms with Crippen LogP contribution in [0.1, 0.15) is 15.9 Å². The van der Waals surface area contributed by atoms with Crippen LogP contribution in [0.2, 0.25) is 0 Å². The number of alkyl halides is 3. The van der Waals surface area contributed by atoms with E-state index in [1.165, 1.54) is 18.3 Å². The second-order valence-corrected chi connectivity index (χ2v) is 5.42. The number of para-hydroxylation sites is 1. The SMILES string of the molecule is O=C(Nc1ccccc1)c1cccnc1Nc1cccc(C(F)(F)F)c1. The summed E-state index contributed by atoms with van der Waals surface area (Å²) < 4.78 is 38.5. The molecule has 2 aromatic carbocycles. The number of hydrogen-bond donors (Lipinski definition) is 2. The van der Waals surface area contributed by atoms with Crippen LogP contribution >= 0.6 is 0 Å². The van der Waals surface area contributed by atoms with Crippen LogP contribution in [0.5, 0.6) is 0 Å². The van der Waals surface area contributed by atoms with Crippen molar-refractivity contribution in [3.05, 3.63) is 84.1 Å². The molecule has 3 rings (SSSR count). The van der Waals surface area contributed by atoms with Crippen molar-refractivity contribution < 1.29 is 18.0 Å². The van der Waals surface area contributed by atoms with Crippen LogP contribution in [-0.4, -0.2) is 10.9 Å². The summed E-state index contributed by atoms with van der Waals surface area (Å²) in [4.78, 5) is 16.6. The van der Waals surface area contributed by atoms with Crippen molar-refractivity contribution in [1.29, 1.82) is 0 Å². The van der Waals surface area contributed by atoms with E-state index in [0.29, 0.717) is 5.69 Å². The van der Waals surface area contributed by atoms with E-state index in [4.69, 9.17) is 0 Å². The Labute approximate surface area is 147 Å². The Hall–Kier alpha value is -3.35. The fourth-order valence-corrected chi connectivity index (χ4v) is 2.32. The van der Waals surface area contributed by atoms with Gasteiger partial charge in [-0.05, 0) is 42.5 Å². The first kappa shape index (κ1) is 17.5. The first-order valence-electron chi connectivity index (χ1n) is 7.69. The van der Waals surface area contributed by atoms with Crippen molar-refractivity contribution in [3.8, 4) is 0 Å². The smallest absolute Gasteiger partial charge is 0.340 e. The molecule has 0 atom stereocenters. The van der Waals surface area contributed by atoms with Crippen molar-refractivity contribution in [3.63, 3.8) is 0 Å². The van der Waals surface area contributed by atoms with Gasteiger partial charge in [0.25, 0.3) is 5.91 Å². The highest BCUT2D eigenvalue weighted by atomic mass is 19.4. The van der Waals surface area contributed by atoms with Gasteiger partial charge < -0.3 is 10.6 Å². The third-order valence-corrected chi connectivity index (χ3v) is 3.54. The zero-order chi connectivity index (χ0) is 18.6. The Balaban J connectivity index is 1.85. The summed E-state index contributed by atoms with van der Waals surface area (Å²) in [5, 5.41) is 5.50. The van der Waals surface area contributed by atoms with Gasteiger partial charge in [-0.25, -0.2) is 4.98 Å². The molecule has 0 saturated carbocycles. The largest absolute Gasteiger partial charge is 0.416 e. The zero-order valence-electron chi connectivity index (χ0n) is 13.4. The molecule has 0 saturated heterocycles. The number of nitrogens with zero attached hydrogens (tertiary/aromatic N) is 1. The lowest BCUT2D eigenvalue weighted by Gasteiger charge is -2.13. The average Bonchev–Trinajstić information content (AvgIpc) is 2.62. The lowest BCUT2D eigenvalue weighted by Crippen LogP contribution is -2.14. The van der Waals surface area contributed by atoms with Crippen LogP contribution in [0, 0.1) is 0 Å². The molecule has 0 spiro atoms. The molecular weight excluding hydrogens is 343 g/mol. The molecule has 0 unspecified atom stereocenters. The minimum atomic E-state index is -4.45. The summed E-state index contributed by atoms with van der Waals surface area (Å²) >= 11 is 0. The Morgan fingerprint density at radius 3 is 2.35 bits per heavy atom. The van der Waals surface area contributed by atoms with Crippen LogP contribution in [0.15, 0.2) is 72.9 Å². The van der Waals surface area contributed by atoms with E-state index in [-0.39, 0.29) is 17.1 Å².